The Hall–Kier alpha value is -4.01. The van der Waals surface area contributed by atoms with Gasteiger partial charge in [-0.2, -0.15) is 0 Å². The highest BCUT2D eigenvalue weighted by atomic mass is 79.9. The molecule has 0 fully saturated rings. The molecule has 0 unspecified atom stereocenters. The number of rotatable bonds is 12. The van der Waals surface area contributed by atoms with Gasteiger partial charge in [0.1, 0.15) is 15.9 Å². The average molecular weight is 749 g/mol. The van der Waals surface area contributed by atoms with Gasteiger partial charge in [-0.1, -0.05) is 56.1 Å². The molecule has 11 nitrogen and oxygen atoms in total. The third kappa shape index (κ3) is 7.92. The second-order valence-corrected chi connectivity index (χ2v) is 13.8. The molecule has 0 bridgehead atoms. The molecule has 4 rings (SSSR count). The molecular weight excluding hydrogens is 726 g/mol. The highest BCUT2D eigenvalue weighted by Crippen LogP contribution is 2.28. The van der Waals surface area contributed by atoms with E-state index in [1.807, 2.05) is 0 Å². The van der Waals surface area contributed by atoms with Gasteiger partial charge in [-0.3, -0.25) is 24.1 Å². The molecule has 1 aliphatic rings. The van der Waals surface area contributed by atoms with Crippen molar-refractivity contribution >= 4 is 77.0 Å². The van der Waals surface area contributed by atoms with Crippen molar-refractivity contribution in [2.45, 2.75) is 12.5 Å². The minimum absolute atomic E-state index is 0.134. The summed E-state index contributed by atoms with van der Waals surface area (Å²) in [5.74, 6) is -5.56. The van der Waals surface area contributed by atoms with E-state index in [0.29, 0.717) is 10.5 Å². The number of amides is 2. The van der Waals surface area contributed by atoms with Crippen LogP contribution in [0.5, 0.6) is 0 Å². The predicted molar refractivity (Wildman–Crippen MR) is 163 cm³/mol. The molecule has 0 aliphatic carbocycles. The molecule has 1 heterocycles. The number of Topliss-reactive ketones (excluding diaryl/α,β-unsaturated/α-hetero) is 2. The number of hydrogen-bond acceptors (Lipinski definition) is 10. The SMILES string of the molecule is CS(=O)(=O)CC[C@H](C(=O)OCC(=O)c1ccc(Br)cc1)N1C(=O)c2ccc(C(=O)OCC(=O)c3ccc(Br)cc3)cc2C1=O. The Morgan fingerprint density at radius 1 is 0.727 bits per heavy atom. The lowest BCUT2D eigenvalue weighted by molar-refractivity contribution is -0.147. The summed E-state index contributed by atoms with van der Waals surface area (Å²) in [6.07, 6.45) is 0.441. The van der Waals surface area contributed by atoms with Crippen LogP contribution in [0.3, 0.4) is 0 Å². The number of fused-ring (bicyclic) bond motifs is 1. The first-order valence-corrected chi connectivity index (χ1v) is 16.5. The van der Waals surface area contributed by atoms with Crippen molar-refractivity contribution in [3.8, 4) is 0 Å². The zero-order valence-corrected chi connectivity index (χ0v) is 26.9. The molecule has 3 aromatic carbocycles. The summed E-state index contributed by atoms with van der Waals surface area (Å²) in [4.78, 5) is 77.9. The van der Waals surface area contributed by atoms with Crippen LogP contribution >= 0.6 is 31.9 Å². The van der Waals surface area contributed by atoms with E-state index in [-0.39, 0.29) is 22.3 Å². The first-order valence-electron chi connectivity index (χ1n) is 12.9. The van der Waals surface area contributed by atoms with Crippen LogP contribution in [-0.4, -0.2) is 79.9 Å². The lowest BCUT2D eigenvalue weighted by Crippen LogP contribution is -2.46. The maximum Gasteiger partial charge on any atom is 0.338 e. The summed E-state index contributed by atoms with van der Waals surface area (Å²) < 4.78 is 35.5. The van der Waals surface area contributed by atoms with Crippen LogP contribution < -0.4 is 0 Å². The van der Waals surface area contributed by atoms with Crippen LogP contribution in [0.15, 0.2) is 75.7 Å². The van der Waals surface area contributed by atoms with Crippen molar-refractivity contribution in [2.75, 3.05) is 25.2 Å². The summed E-state index contributed by atoms with van der Waals surface area (Å²) >= 11 is 6.52. The molecule has 44 heavy (non-hydrogen) atoms. The molecule has 2 amide bonds. The quantitative estimate of drug-likeness (QED) is 0.150. The zero-order valence-electron chi connectivity index (χ0n) is 23.0. The number of ether oxygens (including phenoxy) is 2. The van der Waals surface area contributed by atoms with Gasteiger partial charge in [-0.15, -0.1) is 0 Å². The number of hydrogen-bond donors (Lipinski definition) is 0. The highest BCUT2D eigenvalue weighted by Gasteiger charge is 2.44. The van der Waals surface area contributed by atoms with Gasteiger partial charge in [0.25, 0.3) is 11.8 Å². The van der Waals surface area contributed by atoms with E-state index in [1.54, 1.807) is 36.4 Å². The number of esters is 2. The third-order valence-electron chi connectivity index (χ3n) is 6.51. The number of carbonyl (C=O) groups excluding carboxylic acids is 6. The van der Waals surface area contributed by atoms with Gasteiger partial charge >= 0.3 is 11.9 Å². The molecule has 0 spiro atoms. The molecule has 0 radical (unpaired) electrons. The second-order valence-electron chi connectivity index (χ2n) is 9.72. The van der Waals surface area contributed by atoms with E-state index < -0.39 is 76.6 Å². The van der Waals surface area contributed by atoms with Crippen LogP contribution in [0.2, 0.25) is 0 Å². The number of carbonyl (C=O) groups is 6. The van der Waals surface area contributed by atoms with Crippen molar-refractivity contribution in [3.05, 3.63) is 103 Å². The van der Waals surface area contributed by atoms with Crippen molar-refractivity contribution in [1.82, 2.24) is 4.90 Å². The van der Waals surface area contributed by atoms with Crippen LogP contribution in [0, 0.1) is 0 Å². The van der Waals surface area contributed by atoms with Crippen LogP contribution in [0.25, 0.3) is 0 Å². The largest absolute Gasteiger partial charge is 0.456 e. The molecule has 14 heteroatoms. The van der Waals surface area contributed by atoms with E-state index in [4.69, 9.17) is 9.47 Å². The Balaban J connectivity index is 1.50. The molecule has 0 saturated heterocycles. The van der Waals surface area contributed by atoms with E-state index in [9.17, 15) is 37.2 Å². The van der Waals surface area contributed by atoms with Gasteiger partial charge in [0.2, 0.25) is 0 Å². The number of sulfone groups is 1. The van der Waals surface area contributed by atoms with Crippen molar-refractivity contribution in [2.24, 2.45) is 0 Å². The lowest BCUT2D eigenvalue weighted by Gasteiger charge is -2.24. The topological polar surface area (TPSA) is 158 Å². The third-order valence-corrected chi connectivity index (χ3v) is 8.55. The Morgan fingerprint density at radius 3 is 1.73 bits per heavy atom. The molecule has 1 atom stereocenters. The van der Waals surface area contributed by atoms with Gasteiger partial charge in [0.05, 0.1) is 22.4 Å². The number of ketones is 2. The molecule has 1 aliphatic heterocycles. The lowest BCUT2D eigenvalue weighted by atomic mass is 10.1. The first-order chi connectivity index (χ1) is 20.7. The summed E-state index contributed by atoms with van der Waals surface area (Å²) in [6, 6.07) is 14.5. The maximum absolute atomic E-state index is 13.4. The number of halogens is 2. The van der Waals surface area contributed by atoms with Crippen LogP contribution in [0.1, 0.15) is 58.2 Å². The van der Waals surface area contributed by atoms with E-state index in [2.05, 4.69) is 31.9 Å². The molecule has 228 valence electrons. The van der Waals surface area contributed by atoms with E-state index in [1.165, 1.54) is 24.3 Å². The zero-order chi connectivity index (χ0) is 32.2. The van der Waals surface area contributed by atoms with Gasteiger partial charge in [-0.05, 0) is 48.9 Å². The van der Waals surface area contributed by atoms with Gasteiger partial charge < -0.3 is 9.47 Å². The fourth-order valence-corrected chi connectivity index (χ4v) is 5.41. The maximum atomic E-state index is 13.4. The molecule has 0 N–H and O–H groups in total. The summed E-state index contributed by atoms with van der Waals surface area (Å²) in [5, 5.41) is 0. The number of benzene rings is 3. The standard InChI is InChI=1S/C30H23Br2NO10S/c1-44(40,41)13-12-24(30(39)43-16-26(35)18-4-9-21(32)10-5-18)33-27(36)22-11-6-19(14-23(22)28(33)37)29(38)42-15-25(34)17-2-7-20(31)8-3-17/h2-11,14,24H,12-13,15-16H2,1H3/t24-/m1/s1. The highest BCUT2D eigenvalue weighted by molar-refractivity contribution is 9.10. The molecule has 0 aromatic heterocycles. The van der Waals surface area contributed by atoms with E-state index >= 15 is 0 Å². The number of nitrogens with zero attached hydrogens (tertiary/aromatic N) is 1. The fourth-order valence-electron chi connectivity index (χ4n) is 4.23. The summed E-state index contributed by atoms with van der Waals surface area (Å²) in [7, 11) is -3.64. The minimum Gasteiger partial charge on any atom is -0.456 e. The Kier molecular flexibility index (Phi) is 10.3. The van der Waals surface area contributed by atoms with Gasteiger partial charge in [0.15, 0.2) is 24.8 Å². The van der Waals surface area contributed by atoms with Crippen molar-refractivity contribution in [1.29, 1.82) is 0 Å². The van der Waals surface area contributed by atoms with Crippen molar-refractivity contribution < 1.29 is 46.7 Å². The van der Waals surface area contributed by atoms with Crippen LogP contribution in [0.4, 0.5) is 0 Å². The molecule has 0 saturated carbocycles. The van der Waals surface area contributed by atoms with E-state index in [0.717, 1.165) is 21.3 Å². The molecular formula is C30H23Br2NO10S. The fraction of sp³-hybridized carbons (Fsp3) is 0.200. The smallest absolute Gasteiger partial charge is 0.338 e. The average Bonchev–Trinajstić information content (AvgIpc) is 3.23. The van der Waals surface area contributed by atoms with Gasteiger partial charge in [0, 0.05) is 26.3 Å². The summed E-state index contributed by atoms with van der Waals surface area (Å²) in [6.45, 7) is -1.29. The Labute approximate surface area is 268 Å². The van der Waals surface area contributed by atoms with Crippen molar-refractivity contribution in [3.63, 3.8) is 0 Å². The summed E-state index contributed by atoms with van der Waals surface area (Å²) in [5.41, 5.74) is 0.0578. The normalized spacial score (nSPS) is 13.3. The first kappa shape index (κ1) is 32.9. The minimum atomic E-state index is -3.64. The van der Waals surface area contributed by atoms with Gasteiger partial charge in [-0.25, -0.2) is 18.0 Å². The Bertz CT molecular complexity index is 1770. The second kappa shape index (κ2) is 13.7. The molecule has 3 aromatic rings. The van der Waals surface area contributed by atoms with Crippen LogP contribution in [-0.2, 0) is 24.1 Å². The monoisotopic (exact) mass is 747 g/mol. The number of imide groups is 1. The Morgan fingerprint density at radius 2 is 1.20 bits per heavy atom. The predicted octanol–water partition coefficient (Wildman–Crippen LogP) is 4.08.